The van der Waals surface area contributed by atoms with Crippen molar-refractivity contribution in [1.82, 2.24) is 24.8 Å². The topological polar surface area (TPSA) is 58.0 Å². The average Bonchev–Trinajstić information content (AvgIpc) is 3.24. The molecule has 152 valence electrons. The predicted octanol–water partition coefficient (Wildman–Crippen LogP) is 3.30. The molecule has 6 nitrogen and oxygen atoms in total. The molecule has 5 rings (SSSR count). The lowest BCUT2D eigenvalue weighted by atomic mass is 9.79. The van der Waals surface area contributed by atoms with Crippen LogP contribution in [0.4, 0.5) is 19.0 Å². The van der Waals surface area contributed by atoms with Crippen LogP contribution < -0.4 is 4.90 Å². The lowest BCUT2D eigenvalue weighted by Gasteiger charge is -2.48. The smallest absolute Gasteiger partial charge is 0.355 e. The van der Waals surface area contributed by atoms with Crippen molar-refractivity contribution >= 4 is 27.4 Å². The molecule has 2 aliphatic heterocycles. The van der Waals surface area contributed by atoms with E-state index < -0.39 is 12.6 Å². The van der Waals surface area contributed by atoms with E-state index in [0.29, 0.717) is 4.83 Å². The molecule has 0 aliphatic carbocycles. The van der Waals surface area contributed by atoms with E-state index in [0.717, 1.165) is 67.4 Å². The van der Waals surface area contributed by atoms with Gasteiger partial charge in [0.15, 0.2) is 0 Å². The Balaban J connectivity index is 1.29. The van der Waals surface area contributed by atoms with Crippen molar-refractivity contribution in [3.05, 3.63) is 41.6 Å². The maximum Gasteiger partial charge on any atom is 0.393 e. The number of nitrogens with zero attached hydrogens (tertiary/aromatic N) is 6. The first kappa shape index (κ1) is 18.7. The number of aromatic nitrogens is 4. The molecule has 10 heteroatoms. The van der Waals surface area contributed by atoms with E-state index in [1.165, 1.54) is 6.33 Å². The van der Waals surface area contributed by atoms with Crippen LogP contribution in [-0.4, -0.2) is 57.2 Å². The van der Waals surface area contributed by atoms with Crippen molar-refractivity contribution < 1.29 is 13.2 Å². The second kappa shape index (κ2) is 6.88. The molecule has 2 saturated heterocycles. The summed E-state index contributed by atoms with van der Waals surface area (Å²) in [5.41, 5.74) is 1.23. The van der Waals surface area contributed by atoms with Gasteiger partial charge >= 0.3 is 6.18 Å². The SMILES string of the molecule is FC(F)(F)Cc1cc2c(N3CCC4(CN(Cc5ccncn5)C4)C3)ncnc2s1. The Kier molecular flexibility index (Phi) is 4.43. The Morgan fingerprint density at radius 2 is 1.97 bits per heavy atom. The molecule has 3 aromatic rings. The van der Waals surface area contributed by atoms with Crippen LogP contribution in [0.2, 0.25) is 0 Å². The second-order valence-corrected chi connectivity index (χ2v) is 9.05. The normalized spacial score (nSPS) is 19.2. The Morgan fingerprint density at radius 1 is 1.10 bits per heavy atom. The number of alkyl halides is 3. The molecule has 0 saturated carbocycles. The summed E-state index contributed by atoms with van der Waals surface area (Å²) in [7, 11) is 0. The van der Waals surface area contributed by atoms with Crippen molar-refractivity contribution in [3.63, 3.8) is 0 Å². The van der Waals surface area contributed by atoms with Crippen molar-refractivity contribution in [3.8, 4) is 0 Å². The third-order valence-corrected chi connectivity index (χ3v) is 6.66. The van der Waals surface area contributed by atoms with Crippen molar-refractivity contribution in [2.75, 3.05) is 31.1 Å². The molecular weight excluding hydrogens is 401 g/mol. The molecule has 0 bridgehead atoms. The highest BCUT2D eigenvalue weighted by atomic mass is 32.1. The highest BCUT2D eigenvalue weighted by molar-refractivity contribution is 7.18. The first-order chi connectivity index (χ1) is 13.9. The van der Waals surface area contributed by atoms with Crippen LogP contribution in [0.5, 0.6) is 0 Å². The summed E-state index contributed by atoms with van der Waals surface area (Å²) in [5.74, 6) is 0.755. The van der Waals surface area contributed by atoms with Gasteiger partial charge in [0, 0.05) is 49.2 Å². The van der Waals surface area contributed by atoms with Gasteiger partial charge in [-0.1, -0.05) is 0 Å². The largest absolute Gasteiger partial charge is 0.393 e. The Morgan fingerprint density at radius 3 is 2.72 bits per heavy atom. The molecular formula is C19H19F3N6S. The summed E-state index contributed by atoms with van der Waals surface area (Å²) < 4.78 is 38.3. The summed E-state index contributed by atoms with van der Waals surface area (Å²) in [4.78, 5) is 22.3. The number of fused-ring (bicyclic) bond motifs is 1. The summed E-state index contributed by atoms with van der Waals surface area (Å²) in [5, 5.41) is 0.728. The molecule has 0 radical (unpaired) electrons. The van der Waals surface area contributed by atoms with Crippen molar-refractivity contribution in [2.45, 2.75) is 25.6 Å². The standard InChI is InChI=1S/C19H19F3N6S/c20-19(21,22)6-14-5-15-16(25-12-26-17(15)29-14)28-4-2-18(10-28)8-27(9-18)7-13-1-3-23-11-24-13/h1,3,5,11-12H,2,4,6-10H2. The van der Waals surface area contributed by atoms with Gasteiger partial charge < -0.3 is 4.90 Å². The molecule has 2 fully saturated rings. The first-order valence-electron chi connectivity index (χ1n) is 9.42. The quantitative estimate of drug-likeness (QED) is 0.646. The summed E-state index contributed by atoms with van der Waals surface area (Å²) in [6, 6.07) is 3.54. The predicted molar refractivity (Wildman–Crippen MR) is 104 cm³/mol. The minimum atomic E-state index is -4.22. The molecule has 0 aromatic carbocycles. The van der Waals surface area contributed by atoms with Gasteiger partial charge in [-0.2, -0.15) is 13.2 Å². The maximum absolute atomic E-state index is 12.8. The van der Waals surface area contributed by atoms with Crippen LogP contribution in [-0.2, 0) is 13.0 Å². The van der Waals surface area contributed by atoms with E-state index in [4.69, 9.17) is 0 Å². The van der Waals surface area contributed by atoms with Crippen LogP contribution in [0.1, 0.15) is 17.0 Å². The van der Waals surface area contributed by atoms with Crippen molar-refractivity contribution in [2.24, 2.45) is 5.41 Å². The van der Waals surface area contributed by atoms with Crippen LogP contribution in [0.15, 0.2) is 31.0 Å². The monoisotopic (exact) mass is 420 g/mol. The number of anilines is 1. The fourth-order valence-corrected chi connectivity index (χ4v) is 5.48. The summed E-state index contributed by atoms with van der Waals surface area (Å²) in [6.07, 6.45) is 0.692. The van der Waals surface area contributed by atoms with Gasteiger partial charge in [-0.25, -0.2) is 19.9 Å². The number of rotatable bonds is 4. The lowest BCUT2D eigenvalue weighted by molar-refractivity contribution is -0.126. The van der Waals surface area contributed by atoms with Gasteiger partial charge in [-0.3, -0.25) is 4.90 Å². The van der Waals surface area contributed by atoms with E-state index >= 15 is 0 Å². The minimum Gasteiger partial charge on any atom is -0.355 e. The highest BCUT2D eigenvalue weighted by Crippen LogP contribution is 2.43. The van der Waals surface area contributed by atoms with E-state index in [1.807, 2.05) is 6.07 Å². The summed E-state index contributed by atoms with van der Waals surface area (Å²) >= 11 is 1.10. The number of halogens is 3. The van der Waals surface area contributed by atoms with E-state index in [9.17, 15) is 13.2 Å². The van der Waals surface area contributed by atoms with Gasteiger partial charge in [0.05, 0.1) is 17.5 Å². The third kappa shape index (κ3) is 3.78. The van der Waals surface area contributed by atoms with E-state index in [-0.39, 0.29) is 10.3 Å². The molecule has 0 N–H and O–H groups in total. The minimum absolute atomic E-state index is 0.217. The average molecular weight is 420 g/mol. The van der Waals surface area contributed by atoms with E-state index in [1.54, 1.807) is 18.6 Å². The molecule has 2 aliphatic rings. The molecule has 1 spiro atoms. The zero-order valence-electron chi connectivity index (χ0n) is 15.6. The zero-order valence-corrected chi connectivity index (χ0v) is 16.4. The molecule has 3 aromatic heterocycles. The molecule has 29 heavy (non-hydrogen) atoms. The van der Waals surface area contributed by atoms with Crippen LogP contribution in [0.3, 0.4) is 0 Å². The third-order valence-electron chi connectivity index (χ3n) is 5.62. The van der Waals surface area contributed by atoms with Gasteiger partial charge in [-0.05, 0) is 18.6 Å². The van der Waals surface area contributed by atoms with Crippen LogP contribution in [0, 0.1) is 5.41 Å². The molecule has 5 heterocycles. The second-order valence-electron chi connectivity index (χ2n) is 7.94. The number of thiophene rings is 1. The Hall–Kier alpha value is -2.33. The van der Waals surface area contributed by atoms with Gasteiger partial charge in [0.1, 0.15) is 23.3 Å². The lowest BCUT2D eigenvalue weighted by Crippen LogP contribution is -2.57. The summed E-state index contributed by atoms with van der Waals surface area (Å²) in [6.45, 7) is 4.52. The van der Waals surface area contributed by atoms with Crippen molar-refractivity contribution in [1.29, 1.82) is 0 Å². The fraction of sp³-hybridized carbons (Fsp3) is 0.474. The van der Waals surface area contributed by atoms with Gasteiger partial charge in [-0.15, -0.1) is 11.3 Å². The van der Waals surface area contributed by atoms with E-state index in [2.05, 4.69) is 29.7 Å². The van der Waals surface area contributed by atoms with Crippen LogP contribution in [0.25, 0.3) is 10.2 Å². The highest BCUT2D eigenvalue weighted by Gasteiger charge is 2.48. The van der Waals surface area contributed by atoms with Gasteiger partial charge in [0.25, 0.3) is 0 Å². The molecule has 0 atom stereocenters. The van der Waals surface area contributed by atoms with Gasteiger partial charge in [0.2, 0.25) is 0 Å². The molecule has 0 amide bonds. The zero-order chi connectivity index (χ0) is 20.1. The Labute approximate surface area is 169 Å². The number of likely N-dealkylation sites (tertiary alicyclic amines) is 1. The molecule has 0 unspecified atom stereocenters. The Bertz CT molecular complexity index is 1020. The number of hydrogen-bond acceptors (Lipinski definition) is 7. The van der Waals surface area contributed by atoms with Crippen LogP contribution >= 0.6 is 11.3 Å². The fourth-order valence-electron chi connectivity index (χ4n) is 4.46. The first-order valence-corrected chi connectivity index (χ1v) is 10.2. The maximum atomic E-state index is 12.8. The number of hydrogen-bond donors (Lipinski definition) is 0.